The van der Waals surface area contributed by atoms with E-state index in [0.29, 0.717) is 16.8 Å². The summed E-state index contributed by atoms with van der Waals surface area (Å²) in [5, 5.41) is 0.838. The highest BCUT2D eigenvalue weighted by Crippen LogP contribution is 2.35. The Morgan fingerprint density at radius 3 is 2.82 bits per heavy atom. The van der Waals surface area contributed by atoms with Crippen LogP contribution in [-0.4, -0.2) is 10.8 Å². The van der Waals surface area contributed by atoms with Gasteiger partial charge < -0.3 is 10.2 Å². The van der Waals surface area contributed by atoms with Crippen LogP contribution < -0.4 is 5.73 Å². The lowest BCUT2D eigenvalue weighted by Gasteiger charge is -2.01. The summed E-state index contributed by atoms with van der Waals surface area (Å²) >= 11 is 0. The van der Waals surface area contributed by atoms with Gasteiger partial charge in [-0.05, 0) is 61.1 Å². The van der Waals surface area contributed by atoms with Gasteiger partial charge in [-0.15, -0.1) is 0 Å². The highest BCUT2D eigenvalue weighted by Gasteiger charge is 2.23. The molecule has 0 radical (unpaired) electrons. The van der Waals surface area contributed by atoms with Crippen molar-refractivity contribution in [2.75, 3.05) is 5.73 Å². The molecule has 2 aromatic heterocycles. The average Bonchev–Trinajstić information content (AvgIpc) is 3.09. The number of aryl methyl sites for hydroxylation is 3. The van der Waals surface area contributed by atoms with Crippen molar-refractivity contribution in [1.82, 2.24) is 4.98 Å². The maximum absolute atomic E-state index is 12.7. The van der Waals surface area contributed by atoms with Gasteiger partial charge in [0, 0.05) is 23.3 Å². The Kier molecular flexibility index (Phi) is 2.79. The van der Waals surface area contributed by atoms with Crippen molar-refractivity contribution in [2.45, 2.75) is 26.2 Å². The summed E-state index contributed by atoms with van der Waals surface area (Å²) in [5.74, 6) is 0.00855. The van der Waals surface area contributed by atoms with Crippen molar-refractivity contribution in [3.63, 3.8) is 0 Å². The number of nitrogen functional groups attached to an aromatic ring is 1. The SMILES string of the molecule is Cc1ccncc1C(=O)c1oc2cc3c(cc2c1N)CCC3. The number of nitrogens with zero attached hydrogens (tertiary/aromatic N) is 1. The molecule has 1 aromatic carbocycles. The second-order valence-electron chi connectivity index (χ2n) is 5.84. The molecular formula is C18H16N2O2. The smallest absolute Gasteiger partial charge is 0.232 e. The lowest BCUT2D eigenvalue weighted by molar-refractivity contribution is 0.101. The maximum atomic E-state index is 12.7. The molecule has 1 aliphatic rings. The zero-order valence-corrected chi connectivity index (χ0v) is 12.3. The predicted molar refractivity (Wildman–Crippen MR) is 85.1 cm³/mol. The fourth-order valence-electron chi connectivity index (χ4n) is 3.18. The van der Waals surface area contributed by atoms with E-state index in [-0.39, 0.29) is 11.5 Å². The quantitative estimate of drug-likeness (QED) is 0.735. The first-order valence-electron chi connectivity index (χ1n) is 7.44. The summed E-state index contributed by atoms with van der Waals surface area (Å²) in [4.78, 5) is 16.7. The van der Waals surface area contributed by atoms with Gasteiger partial charge in [-0.1, -0.05) is 0 Å². The molecule has 0 saturated heterocycles. The van der Waals surface area contributed by atoms with Crippen molar-refractivity contribution < 1.29 is 9.21 Å². The van der Waals surface area contributed by atoms with E-state index >= 15 is 0 Å². The Labute approximate surface area is 128 Å². The van der Waals surface area contributed by atoms with Crippen LogP contribution in [0.5, 0.6) is 0 Å². The van der Waals surface area contributed by atoms with E-state index in [1.54, 1.807) is 18.5 Å². The molecule has 4 nitrogen and oxygen atoms in total. The Hall–Kier alpha value is -2.62. The summed E-state index contributed by atoms with van der Waals surface area (Å²) in [6.45, 7) is 1.88. The van der Waals surface area contributed by atoms with Crippen molar-refractivity contribution in [3.8, 4) is 0 Å². The van der Waals surface area contributed by atoms with Gasteiger partial charge in [0.25, 0.3) is 0 Å². The summed E-state index contributed by atoms with van der Waals surface area (Å²) in [7, 11) is 0. The highest BCUT2D eigenvalue weighted by atomic mass is 16.3. The second kappa shape index (κ2) is 4.70. The molecule has 2 heterocycles. The topological polar surface area (TPSA) is 69.1 Å². The molecule has 0 spiro atoms. The first-order valence-corrected chi connectivity index (χ1v) is 7.44. The number of hydrogen-bond acceptors (Lipinski definition) is 4. The Morgan fingerprint density at radius 1 is 1.27 bits per heavy atom. The van der Waals surface area contributed by atoms with Crippen molar-refractivity contribution in [3.05, 3.63) is 58.6 Å². The third-order valence-corrected chi connectivity index (χ3v) is 4.43. The summed E-state index contributed by atoms with van der Waals surface area (Å²) in [6, 6.07) is 5.91. The fraction of sp³-hybridized carbons (Fsp3) is 0.222. The number of aromatic nitrogens is 1. The molecule has 0 fully saturated rings. The molecule has 0 saturated carbocycles. The van der Waals surface area contributed by atoms with Crippen LogP contribution in [0.4, 0.5) is 5.69 Å². The number of nitrogens with two attached hydrogens (primary N) is 1. The summed E-state index contributed by atoms with van der Waals surface area (Å²) in [5.41, 5.74) is 11.3. The number of benzene rings is 1. The second-order valence-corrected chi connectivity index (χ2v) is 5.84. The van der Waals surface area contributed by atoms with E-state index in [1.807, 2.05) is 13.0 Å². The van der Waals surface area contributed by atoms with E-state index < -0.39 is 0 Å². The highest BCUT2D eigenvalue weighted by molar-refractivity contribution is 6.14. The van der Waals surface area contributed by atoms with Gasteiger partial charge in [0.2, 0.25) is 5.78 Å². The van der Waals surface area contributed by atoms with E-state index in [1.165, 1.54) is 17.5 Å². The van der Waals surface area contributed by atoms with Crippen LogP contribution in [0.1, 0.15) is 39.2 Å². The third-order valence-electron chi connectivity index (χ3n) is 4.43. The maximum Gasteiger partial charge on any atom is 0.232 e. The number of carbonyl (C=O) groups excluding carboxylic acids is 1. The number of hydrogen-bond donors (Lipinski definition) is 1. The number of pyridine rings is 1. The van der Waals surface area contributed by atoms with Gasteiger partial charge in [0.15, 0.2) is 5.76 Å². The van der Waals surface area contributed by atoms with Crippen LogP contribution in [0.15, 0.2) is 35.0 Å². The van der Waals surface area contributed by atoms with Crippen molar-refractivity contribution in [2.24, 2.45) is 0 Å². The molecule has 4 heteroatoms. The zero-order valence-electron chi connectivity index (χ0n) is 12.3. The number of carbonyl (C=O) groups is 1. The minimum atomic E-state index is -0.209. The van der Waals surface area contributed by atoms with Crippen molar-refractivity contribution in [1.29, 1.82) is 0 Å². The van der Waals surface area contributed by atoms with Crippen LogP contribution in [0.2, 0.25) is 0 Å². The van der Waals surface area contributed by atoms with Crippen LogP contribution >= 0.6 is 0 Å². The van der Waals surface area contributed by atoms with Gasteiger partial charge in [0.05, 0.1) is 5.69 Å². The van der Waals surface area contributed by atoms with E-state index in [2.05, 4.69) is 11.1 Å². The minimum absolute atomic E-state index is 0.209. The van der Waals surface area contributed by atoms with Crippen molar-refractivity contribution >= 4 is 22.4 Å². The average molecular weight is 292 g/mol. The molecule has 2 N–H and O–H groups in total. The predicted octanol–water partition coefficient (Wildman–Crippen LogP) is 3.44. The first kappa shape index (κ1) is 13.1. The number of anilines is 1. The van der Waals surface area contributed by atoms with Gasteiger partial charge in [-0.3, -0.25) is 9.78 Å². The van der Waals surface area contributed by atoms with Gasteiger partial charge in [0.1, 0.15) is 5.58 Å². The van der Waals surface area contributed by atoms with Gasteiger partial charge in [-0.25, -0.2) is 0 Å². The van der Waals surface area contributed by atoms with E-state index in [4.69, 9.17) is 10.2 Å². The zero-order chi connectivity index (χ0) is 15.3. The normalized spacial score (nSPS) is 13.5. The Morgan fingerprint density at radius 2 is 2.05 bits per heavy atom. The van der Waals surface area contributed by atoms with Crippen LogP contribution in [-0.2, 0) is 12.8 Å². The molecule has 0 amide bonds. The Balaban J connectivity index is 1.88. The standard InChI is InChI=1S/C18H16N2O2/c1-10-5-6-20-9-14(10)17(21)18-16(19)13-7-11-3-2-4-12(11)8-15(13)22-18/h5-9H,2-4,19H2,1H3. The molecule has 0 atom stereocenters. The molecule has 110 valence electrons. The lowest BCUT2D eigenvalue weighted by atomic mass is 10.0. The van der Waals surface area contributed by atoms with Crippen LogP contribution in [0.25, 0.3) is 11.0 Å². The first-order chi connectivity index (χ1) is 10.6. The molecule has 0 bridgehead atoms. The summed E-state index contributed by atoms with van der Waals surface area (Å²) in [6.07, 6.45) is 6.53. The molecule has 3 aromatic rings. The molecule has 0 aliphatic heterocycles. The molecular weight excluding hydrogens is 276 g/mol. The largest absolute Gasteiger partial charge is 0.450 e. The van der Waals surface area contributed by atoms with Crippen LogP contribution in [0.3, 0.4) is 0 Å². The number of fused-ring (bicyclic) bond motifs is 2. The lowest BCUT2D eigenvalue weighted by Crippen LogP contribution is -2.05. The molecule has 1 aliphatic carbocycles. The third kappa shape index (κ3) is 1.84. The number of ketones is 1. The van der Waals surface area contributed by atoms with E-state index in [9.17, 15) is 4.79 Å². The number of furan rings is 1. The molecule has 0 unspecified atom stereocenters. The van der Waals surface area contributed by atoms with E-state index in [0.717, 1.165) is 23.8 Å². The molecule has 4 rings (SSSR count). The number of rotatable bonds is 2. The monoisotopic (exact) mass is 292 g/mol. The summed E-state index contributed by atoms with van der Waals surface area (Å²) < 4.78 is 5.79. The van der Waals surface area contributed by atoms with Gasteiger partial charge >= 0.3 is 0 Å². The fourth-order valence-corrected chi connectivity index (χ4v) is 3.18. The van der Waals surface area contributed by atoms with Crippen LogP contribution in [0, 0.1) is 6.92 Å². The Bertz CT molecular complexity index is 909. The minimum Gasteiger partial charge on any atom is -0.450 e. The molecule has 22 heavy (non-hydrogen) atoms. The van der Waals surface area contributed by atoms with Gasteiger partial charge in [-0.2, -0.15) is 0 Å².